The van der Waals surface area contributed by atoms with Crippen molar-refractivity contribution in [2.24, 2.45) is 35.3 Å². The van der Waals surface area contributed by atoms with Gasteiger partial charge in [-0.25, -0.2) is 0 Å². The number of primary amides is 1. The number of hydrogen-bond donors (Lipinski definition) is 2. The summed E-state index contributed by atoms with van der Waals surface area (Å²) >= 11 is 0. The molecule has 2 saturated carbocycles. The third kappa shape index (κ3) is 3.83. The van der Waals surface area contributed by atoms with Gasteiger partial charge in [-0.15, -0.1) is 0 Å². The Morgan fingerprint density at radius 2 is 1.82 bits per heavy atom. The summed E-state index contributed by atoms with van der Waals surface area (Å²) in [6.45, 7) is 2.44. The zero-order valence-electron chi connectivity index (χ0n) is 17.0. The number of fused-ring (bicyclic) bond motifs is 1. The zero-order valence-corrected chi connectivity index (χ0v) is 17.0. The van der Waals surface area contributed by atoms with Crippen LogP contribution in [0.2, 0.25) is 0 Å². The molecule has 1 aromatic carbocycles. The molecule has 3 atom stereocenters. The largest absolute Gasteiger partial charge is 0.507 e. The van der Waals surface area contributed by atoms with Crippen molar-refractivity contribution in [1.82, 2.24) is 0 Å². The second-order valence-electron chi connectivity index (χ2n) is 9.46. The zero-order chi connectivity index (χ0) is 19.8. The Morgan fingerprint density at radius 3 is 2.46 bits per heavy atom. The van der Waals surface area contributed by atoms with E-state index in [1.165, 1.54) is 24.8 Å². The Bertz CT molecular complexity index is 757. The molecule has 1 unspecified atom stereocenters. The fraction of sp³-hybridized carbons (Fsp3) is 0.667. The summed E-state index contributed by atoms with van der Waals surface area (Å²) in [6, 6.07) is 3.71. The quantitative estimate of drug-likeness (QED) is 0.808. The van der Waals surface area contributed by atoms with Gasteiger partial charge in [-0.3, -0.25) is 9.59 Å². The predicted octanol–water partition coefficient (Wildman–Crippen LogP) is 4.41. The van der Waals surface area contributed by atoms with Crippen LogP contribution in [0.25, 0.3) is 0 Å². The molecule has 0 spiro atoms. The summed E-state index contributed by atoms with van der Waals surface area (Å²) in [4.78, 5) is 23.5. The average molecular weight is 384 g/mol. The van der Waals surface area contributed by atoms with Gasteiger partial charge >= 0.3 is 0 Å². The minimum Gasteiger partial charge on any atom is -0.507 e. The van der Waals surface area contributed by atoms with Gasteiger partial charge in [0.25, 0.3) is 5.91 Å². The molecule has 1 amide bonds. The molecular formula is C24H33NO3. The van der Waals surface area contributed by atoms with Crippen LogP contribution < -0.4 is 5.73 Å². The van der Waals surface area contributed by atoms with Crippen molar-refractivity contribution in [3.63, 3.8) is 0 Å². The lowest BCUT2D eigenvalue weighted by molar-refractivity contribution is -0.121. The average Bonchev–Trinajstić information content (AvgIpc) is 3.48. The first-order valence-corrected chi connectivity index (χ1v) is 11.1. The highest BCUT2D eigenvalue weighted by Crippen LogP contribution is 2.49. The van der Waals surface area contributed by atoms with E-state index in [9.17, 15) is 14.7 Å². The van der Waals surface area contributed by atoms with Crippen molar-refractivity contribution in [3.05, 3.63) is 28.8 Å². The second kappa shape index (κ2) is 7.88. The highest BCUT2D eigenvalue weighted by Gasteiger charge is 2.41. The lowest BCUT2D eigenvalue weighted by atomic mass is 9.64. The number of aromatic hydroxyl groups is 1. The molecule has 0 aliphatic heterocycles. The van der Waals surface area contributed by atoms with E-state index in [2.05, 4.69) is 6.92 Å². The molecule has 0 saturated heterocycles. The van der Waals surface area contributed by atoms with Crippen molar-refractivity contribution >= 4 is 11.7 Å². The van der Waals surface area contributed by atoms with Crippen molar-refractivity contribution in [2.75, 3.05) is 0 Å². The van der Waals surface area contributed by atoms with E-state index < -0.39 is 5.91 Å². The maximum atomic E-state index is 11.8. The molecule has 4 rings (SSSR count). The molecule has 0 aromatic heterocycles. The van der Waals surface area contributed by atoms with E-state index in [1.807, 2.05) is 6.07 Å². The summed E-state index contributed by atoms with van der Waals surface area (Å²) in [5.41, 5.74) is 7.78. The van der Waals surface area contributed by atoms with Gasteiger partial charge in [-0.1, -0.05) is 13.0 Å². The van der Waals surface area contributed by atoms with E-state index in [0.29, 0.717) is 23.5 Å². The van der Waals surface area contributed by atoms with Gasteiger partial charge in [-0.2, -0.15) is 0 Å². The summed E-state index contributed by atoms with van der Waals surface area (Å²) in [5.74, 6) is 3.40. The number of rotatable bonds is 4. The van der Waals surface area contributed by atoms with E-state index in [1.54, 1.807) is 6.07 Å². The number of Topliss-reactive ketones (excluding diaryl/α,β-unsaturated/α-hetero) is 1. The van der Waals surface area contributed by atoms with Crippen LogP contribution in [0, 0.1) is 29.6 Å². The van der Waals surface area contributed by atoms with Gasteiger partial charge < -0.3 is 10.8 Å². The Hall–Kier alpha value is -1.84. The van der Waals surface area contributed by atoms with Gasteiger partial charge in [0.1, 0.15) is 11.5 Å². The van der Waals surface area contributed by atoms with E-state index in [-0.39, 0.29) is 11.3 Å². The molecule has 4 heteroatoms. The van der Waals surface area contributed by atoms with Crippen LogP contribution in [0.15, 0.2) is 12.1 Å². The standard InChI is InChI=1S/C24H33NO3/c1-14(15-5-6-15)19-3-2-4-20-17(9-12-21(23(20)27)24(25)28)13-22(19)16-7-10-18(26)11-8-16/h9,12,14-16,19,22,27H,2-8,10-11,13H2,1H3,(H2,25,28)/t14-,19?,22+/m0/s1. The first kappa shape index (κ1) is 19.5. The fourth-order valence-electron chi connectivity index (χ4n) is 6.01. The Balaban J connectivity index is 1.67. The Morgan fingerprint density at radius 1 is 1.11 bits per heavy atom. The molecular weight excluding hydrogens is 350 g/mol. The smallest absolute Gasteiger partial charge is 0.252 e. The first-order chi connectivity index (χ1) is 13.5. The van der Waals surface area contributed by atoms with Crippen LogP contribution in [0.4, 0.5) is 0 Å². The third-order valence-electron chi connectivity index (χ3n) is 7.85. The highest BCUT2D eigenvalue weighted by atomic mass is 16.3. The normalized spacial score (nSPS) is 27.5. The van der Waals surface area contributed by atoms with Gasteiger partial charge in [0.05, 0.1) is 5.56 Å². The summed E-state index contributed by atoms with van der Waals surface area (Å²) < 4.78 is 0. The van der Waals surface area contributed by atoms with Crippen LogP contribution >= 0.6 is 0 Å². The third-order valence-corrected chi connectivity index (χ3v) is 7.85. The number of carbonyl (C=O) groups excluding carboxylic acids is 2. The van der Waals surface area contributed by atoms with Crippen LogP contribution in [-0.4, -0.2) is 16.8 Å². The molecule has 0 heterocycles. The molecule has 1 aromatic rings. The number of carbonyl (C=O) groups is 2. The summed E-state index contributed by atoms with van der Waals surface area (Å²) in [7, 11) is 0. The van der Waals surface area contributed by atoms with Gasteiger partial charge in [0, 0.05) is 12.8 Å². The number of benzene rings is 1. The molecule has 28 heavy (non-hydrogen) atoms. The molecule has 3 aliphatic carbocycles. The molecule has 2 fully saturated rings. The molecule has 0 radical (unpaired) electrons. The minimum atomic E-state index is -0.565. The maximum Gasteiger partial charge on any atom is 0.252 e. The summed E-state index contributed by atoms with van der Waals surface area (Å²) in [5, 5.41) is 10.7. The Labute approximate surface area is 167 Å². The van der Waals surface area contributed by atoms with Crippen LogP contribution in [-0.2, 0) is 17.6 Å². The second-order valence-corrected chi connectivity index (χ2v) is 9.46. The highest BCUT2D eigenvalue weighted by molar-refractivity contribution is 5.96. The van der Waals surface area contributed by atoms with Crippen LogP contribution in [0.1, 0.15) is 79.8 Å². The maximum absolute atomic E-state index is 11.8. The lowest BCUT2D eigenvalue weighted by Crippen LogP contribution is -2.34. The topological polar surface area (TPSA) is 80.4 Å². The molecule has 3 aliphatic rings. The number of hydrogen-bond acceptors (Lipinski definition) is 3. The predicted molar refractivity (Wildman–Crippen MR) is 109 cm³/mol. The van der Waals surface area contributed by atoms with E-state index in [4.69, 9.17) is 5.73 Å². The van der Waals surface area contributed by atoms with Crippen LogP contribution in [0.5, 0.6) is 5.75 Å². The van der Waals surface area contributed by atoms with Crippen molar-refractivity contribution in [1.29, 1.82) is 0 Å². The number of ketones is 1. The molecule has 4 nitrogen and oxygen atoms in total. The fourth-order valence-corrected chi connectivity index (χ4v) is 6.01. The SMILES string of the molecule is C[C@@H](C1CC1)C1CCCc2c(ccc(C(N)=O)c2O)C[C@@H]1C1CCC(=O)CC1. The van der Waals surface area contributed by atoms with Gasteiger partial charge in [0.2, 0.25) is 0 Å². The van der Waals surface area contributed by atoms with Gasteiger partial charge in [0.15, 0.2) is 0 Å². The first-order valence-electron chi connectivity index (χ1n) is 11.1. The number of nitrogens with two attached hydrogens (primary N) is 1. The monoisotopic (exact) mass is 383 g/mol. The number of amides is 1. The lowest BCUT2D eigenvalue weighted by Gasteiger charge is -2.40. The summed E-state index contributed by atoms with van der Waals surface area (Å²) in [6.07, 6.45) is 10.2. The molecule has 152 valence electrons. The molecule has 0 bridgehead atoms. The van der Waals surface area contributed by atoms with Crippen LogP contribution in [0.3, 0.4) is 0 Å². The van der Waals surface area contributed by atoms with E-state index in [0.717, 1.165) is 62.3 Å². The molecule has 3 N–H and O–H groups in total. The Kier molecular flexibility index (Phi) is 5.48. The van der Waals surface area contributed by atoms with Crippen molar-refractivity contribution < 1.29 is 14.7 Å². The van der Waals surface area contributed by atoms with Crippen molar-refractivity contribution in [2.45, 2.75) is 71.1 Å². The van der Waals surface area contributed by atoms with Crippen molar-refractivity contribution in [3.8, 4) is 5.75 Å². The van der Waals surface area contributed by atoms with Gasteiger partial charge in [-0.05, 0) is 98.1 Å². The minimum absolute atomic E-state index is 0.0938. The van der Waals surface area contributed by atoms with E-state index >= 15 is 0 Å². The number of phenols is 1.